The normalized spacial score (nSPS) is 12.7. The molecule has 1 aliphatic rings. The van der Waals surface area contributed by atoms with Crippen molar-refractivity contribution in [3.8, 4) is 0 Å². The van der Waals surface area contributed by atoms with E-state index >= 15 is 0 Å². The molecule has 1 heterocycles. The molecular weight excluding hydrogens is 500 g/mol. The van der Waals surface area contributed by atoms with Gasteiger partial charge in [0.1, 0.15) is 0 Å². The summed E-state index contributed by atoms with van der Waals surface area (Å²) in [5.74, 6) is -0.891. The topological polar surface area (TPSA) is 68.3 Å². The molecular formula is C22H18Br2N2O3. The van der Waals surface area contributed by atoms with E-state index in [1.54, 1.807) is 0 Å². The van der Waals surface area contributed by atoms with Crippen molar-refractivity contribution in [3.63, 3.8) is 0 Å². The van der Waals surface area contributed by atoms with Crippen LogP contribution in [0.2, 0.25) is 0 Å². The molecule has 5 nitrogen and oxygen atoms in total. The highest BCUT2D eigenvalue weighted by atomic mass is 79.9. The predicted molar refractivity (Wildman–Crippen MR) is 119 cm³/mol. The number of ether oxygens (including phenoxy) is 1. The third-order valence-corrected chi connectivity index (χ3v) is 6.16. The van der Waals surface area contributed by atoms with Gasteiger partial charge in [-0.05, 0) is 87.4 Å². The molecule has 0 bridgehead atoms. The van der Waals surface area contributed by atoms with E-state index in [1.165, 1.54) is 0 Å². The Balaban J connectivity index is 1.53. The number of aromatic nitrogens is 1. The van der Waals surface area contributed by atoms with E-state index in [2.05, 4.69) is 42.2 Å². The molecule has 0 saturated carbocycles. The number of nitrogens with one attached hydrogen (secondary N) is 1. The van der Waals surface area contributed by atoms with Crippen LogP contribution in [0.25, 0.3) is 10.9 Å². The van der Waals surface area contributed by atoms with Crippen LogP contribution < -0.4 is 5.32 Å². The lowest BCUT2D eigenvalue weighted by Crippen LogP contribution is -2.22. The fraction of sp³-hybridized carbons (Fsp3) is 0.227. The van der Waals surface area contributed by atoms with Gasteiger partial charge in [-0.25, -0.2) is 4.79 Å². The minimum atomic E-state index is -0.487. The highest BCUT2D eigenvalue weighted by Gasteiger charge is 2.25. The zero-order valence-electron chi connectivity index (χ0n) is 15.7. The molecule has 0 atom stereocenters. The Kier molecular flexibility index (Phi) is 5.69. The maximum atomic E-state index is 12.9. The van der Waals surface area contributed by atoms with Gasteiger partial charge in [-0.2, -0.15) is 0 Å². The fourth-order valence-electron chi connectivity index (χ4n) is 3.64. The van der Waals surface area contributed by atoms with Crippen LogP contribution in [-0.2, 0) is 22.4 Å². The fourth-order valence-corrected chi connectivity index (χ4v) is 5.26. The van der Waals surface area contributed by atoms with Crippen molar-refractivity contribution in [1.82, 2.24) is 4.98 Å². The minimum Gasteiger partial charge on any atom is -0.452 e. The minimum absolute atomic E-state index is 0.364. The smallest absolute Gasteiger partial charge is 0.339 e. The number of anilines is 1. The average Bonchev–Trinajstić information content (AvgIpc) is 3.14. The first-order valence-electron chi connectivity index (χ1n) is 9.27. The Morgan fingerprint density at radius 2 is 1.86 bits per heavy atom. The first-order chi connectivity index (χ1) is 13.9. The molecule has 1 aliphatic carbocycles. The van der Waals surface area contributed by atoms with Gasteiger partial charge in [0, 0.05) is 20.0 Å². The molecule has 4 rings (SSSR count). The summed E-state index contributed by atoms with van der Waals surface area (Å²) in [5, 5.41) is 3.55. The zero-order valence-corrected chi connectivity index (χ0v) is 18.9. The first kappa shape index (κ1) is 20.0. The molecule has 0 radical (unpaired) electrons. The Labute approximate surface area is 185 Å². The second kappa shape index (κ2) is 8.24. The van der Waals surface area contributed by atoms with Gasteiger partial charge in [-0.3, -0.25) is 9.78 Å². The number of carbonyl (C=O) groups excluding carboxylic acids is 2. The molecule has 1 aromatic heterocycles. The summed E-state index contributed by atoms with van der Waals surface area (Å²) in [6.07, 6.45) is 2.62. The van der Waals surface area contributed by atoms with E-state index in [9.17, 15) is 9.59 Å². The monoisotopic (exact) mass is 516 g/mol. The Hall–Kier alpha value is -2.25. The van der Waals surface area contributed by atoms with Gasteiger partial charge >= 0.3 is 5.97 Å². The predicted octanol–water partition coefficient (Wildman–Crippen LogP) is 5.35. The van der Waals surface area contributed by atoms with E-state index in [0.29, 0.717) is 11.3 Å². The van der Waals surface area contributed by atoms with Crippen molar-refractivity contribution < 1.29 is 14.3 Å². The maximum Gasteiger partial charge on any atom is 0.339 e. The van der Waals surface area contributed by atoms with Crippen LogP contribution in [0.1, 0.15) is 33.6 Å². The number of rotatable bonds is 4. The molecule has 0 fully saturated rings. The zero-order chi connectivity index (χ0) is 20.5. The Morgan fingerprint density at radius 3 is 2.62 bits per heavy atom. The number of benzene rings is 2. The van der Waals surface area contributed by atoms with Crippen molar-refractivity contribution in [2.24, 2.45) is 0 Å². The van der Waals surface area contributed by atoms with Crippen molar-refractivity contribution in [2.75, 3.05) is 11.9 Å². The highest BCUT2D eigenvalue weighted by Crippen LogP contribution is 2.33. The maximum absolute atomic E-state index is 12.9. The number of carbonyl (C=O) groups is 2. The molecule has 1 N–H and O–H groups in total. The van der Waals surface area contributed by atoms with Gasteiger partial charge in [-0.15, -0.1) is 0 Å². The molecule has 0 spiro atoms. The molecule has 0 aliphatic heterocycles. The summed E-state index contributed by atoms with van der Waals surface area (Å²) in [4.78, 5) is 30.0. The third-order valence-electron chi connectivity index (χ3n) is 4.91. The van der Waals surface area contributed by atoms with E-state index in [-0.39, 0.29) is 6.61 Å². The number of hydrogen-bond donors (Lipinski definition) is 1. The lowest BCUT2D eigenvalue weighted by atomic mass is 10.0. The van der Waals surface area contributed by atoms with Crippen molar-refractivity contribution in [1.29, 1.82) is 0 Å². The first-order valence-corrected chi connectivity index (χ1v) is 10.9. The molecule has 29 heavy (non-hydrogen) atoms. The number of pyridine rings is 1. The summed E-state index contributed by atoms with van der Waals surface area (Å²) >= 11 is 6.89. The number of esters is 1. The largest absolute Gasteiger partial charge is 0.452 e. The van der Waals surface area contributed by atoms with Crippen LogP contribution in [0.5, 0.6) is 0 Å². The molecule has 0 saturated heterocycles. The standard InChI is InChI=1S/C22H18Br2N2O3/c1-12-9-15(23)21(16(24)10-12)26-19(27)11-29-22(28)20-13-5-2-3-7-17(13)25-18-8-4-6-14(18)20/h2-3,5,7,9-10H,4,6,8,11H2,1H3,(H,26,27). The van der Waals surface area contributed by atoms with Gasteiger partial charge in [0.25, 0.3) is 5.91 Å². The second-order valence-corrected chi connectivity index (χ2v) is 8.72. The number of aryl methyl sites for hydroxylation is 2. The summed E-state index contributed by atoms with van der Waals surface area (Å²) in [6.45, 7) is 1.59. The van der Waals surface area contributed by atoms with Crippen molar-refractivity contribution in [2.45, 2.75) is 26.2 Å². The van der Waals surface area contributed by atoms with Crippen LogP contribution in [-0.4, -0.2) is 23.5 Å². The van der Waals surface area contributed by atoms with Crippen LogP contribution in [0.3, 0.4) is 0 Å². The highest BCUT2D eigenvalue weighted by molar-refractivity contribution is 9.11. The van der Waals surface area contributed by atoms with E-state index in [4.69, 9.17) is 4.74 Å². The molecule has 2 aromatic carbocycles. The van der Waals surface area contributed by atoms with E-state index < -0.39 is 11.9 Å². The van der Waals surface area contributed by atoms with E-state index in [1.807, 2.05) is 43.3 Å². The third kappa shape index (κ3) is 4.07. The van der Waals surface area contributed by atoms with Gasteiger partial charge in [0.05, 0.1) is 16.8 Å². The van der Waals surface area contributed by atoms with Crippen LogP contribution in [0.15, 0.2) is 45.3 Å². The summed E-state index contributed by atoms with van der Waals surface area (Å²) in [6, 6.07) is 11.3. The Bertz CT molecular complexity index is 1120. The summed E-state index contributed by atoms with van der Waals surface area (Å²) in [5.41, 5.74) is 4.86. The Morgan fingerprint density at radius 1 is 1.14 bits per heavy atom. The number of hydrogen-bond acceptors (Lipinski definition) is 4. The number of para-hydroxylation sites is 1. The van der Waals surface area contributed by atoms with E-state index in [0.717, 1.165) is 55.9 Å². The quantitative estimate of drug-likeness (QED) is 0.473. The second-order valence-electron chi connectivity index (χ2n) is 7.01. The van der Waals surface area contributed by atoms with Gasteiger partial charge in [0.2, 0.25) is 0 Å². The van der Waals surface area contributed by atoms with Crippen LogP contribution in [0.4, 0.5) is 5.69 Å². The van der Waals surface area contributed by atoms with Crippen molar-refractivity contribution in [3.05, 3.63) is 67.7 Å². The van der Waals surface area contributed by atoms with Gasteiger partial charge in [-0.1, -0.05) is 18.2 Å². The van der Waals surface area contributed by atoms with Crippen LogP contribution in [0, 0.1) is 6.92 Å². The SMILES string of the molecule is Cc1cc(Br)c(NC(=O)COC(=O)c2c3c(nc4ccccc24)CCC3)c(Br)c1. The summed E-state index contributed by atoms with van der Waals surface area (Å²) in [7, 11) is 0. The van der Waals surface area contributed by atoms with Crippen LogP contribution >= 0.6 is 31.9 Å². The molecule has 7 heteroatoms. The number of fused-ring (bicyclic) bond motifs is 2. The van der Waals surface area contributed by atoms with Gasteiger partial charge in [0.15, 0.2) is 6.61 Å². The van der Waals surface area contributed by atoms with Gasteiger partial charge < -0.3 is 10.1 Å². The molecule has 3 aromatic rings. The molecule has 148 valence electrons. The molecule has 1 amide bonds. The van der Waals surface area contributed by atoms with Crippen molar-refractivity contribution >= 4 is 60.3 Å². The lowest BCUT2D eigenvalue weighted by Gasteiger charge is -2.13. The summed E-state index contributed by atoms with van der Waals surface area (Å²) < 4.78 is 6.89. The number of amides is 1. The lowest BCUT2D eigenvalue weighted by molar-refractivity contribution is -0.119. The average molecular weight is 518 g/mol. The number of nitrogens with zero attached hydrogens (tertiary/aromatic N) is 1. The number of halogens is 2. The molecule has 0 unspecified atom stereocenters.